The van der Waals surface area contributed by atoms with Gasteiger partial charge < -0.3 is 51.2 Å². The molecule has 12 unspecified atom stereocenters. The highest BCUT2D eigenvalue weighted by molar-refractivity contribution is 6.07. The van der Waals surface area contributed by atoms with Gasteiger partial charge in [0.05, 0.1) is 23.3 Å². The van der Waals surface area contributed by atoms with E-state index in [1.807, 2.05) is 32.2 Å². The lowest BCUT2D eigenvalue weighted by Crippen LogP contribution is -2.52. The van der Waals surface area contributed by atoms with Crippen molar-refractivity contribution in [2.75, 3.05) is 39.9 Å². The van der Waals surface area contributed by atoms with Crippen LogP contribution in [-0.2, 0) is 44.9 Å². The average Bonchev–Trinajstić information content (AvgIpc) is 1.77. The van der Waals surface area contributed by atoms with Crippen LogP contribution in [0.25, 0.3) is 16.7 Å². The molecule has 5 aliphatic carbocycles. The summed E-state index contributed by atoms with van der Waals surface area (Å²) in [6, 6.07) is 31.5. The molecule has 12 heteroatoms. The van der Waals surface area contributed by atoms with Crippen molar-refractivity contribution >= 4 is 17.5 Å². The number of piperidine rings is 1. The molecule has 0 aromatic heterocycles. The van der Waals surface area contributed by atoms with Gasteiger partial charge in [0.1, 0.15) is 17.3 Å². The fourth-order valence-electron chi connectivity index (χ4n) is 17.5. The highest BCUT2D eigenvalue weighted by Crippen LogP contribution is 2.72. The Morgan fingerprint density at radius 1 is 0.843 bits per heavy atom. The highest BCUT2D eigenvalue weighted by Gasteiger charge is 2.69. The SMILES string of the molecule is CCC(C=C1OC(=O)C2=C3c4cc(O)ccc4-c4cccc(c4)CNCCc4ccc(CCCO)c(c4)C(NCC(C)O)C4CC(C5CCNC(NC)C5)(CC=C5OC(=O)C6=C5CCC5C3CCC12C65)CC4CCCO)Cc1ccccc1. The number of nitrogens with one attached hydrogen (secondary N) is 4. The molecule has 0 amide bonds. The van der Waals surface area contributed by atoms with Gasteiger partial charge in [-0.15, -0.1) is 0 Å². The molecule has 12 nitrogen and oxygen atoms in total. The zero-order chi connectivity index (χ0) is 57.4. The lowest BCUT2D eigenvalue weighted by molar-refractivity contribution is -0.135. The maximum absolute atomic E-state index is 15.4. The third kappa shape index (κ3) is 11.0. The lowest BCUT2D eigenvalue weighted by atomic mass is 9.44. The number of allylic oxidation sites excluding steroid dienone is 5. The van der Waals surface area contributed by atoms with Crippen LogP contribution in [0.2, 0.25) is 0 Å². The Hall–Kier alpha value is -5.70. The van der Waals surface area contributed by atoms with Crippen LogP contribution in [0.1, 0.15) is 137 Å². The lowest BCUT2D eigenvalue weighted by Gasteiger charge is -2.56. The molecule has 0 radical (unpaired) electrons. The van der Waals surface area contributed by atoms with E-state index >= 15 is 9.59 Å². The van der Waals surface area contributed by atoms with Crippen LogP contribution < -0.4 is 21.3 Å². The van der Waals surface area contributed by atoms with Crippen molar-refractivity contribution < 1.29 is 39.5 Å². The van der Waals surface area contributed by atoms with Crippen LogP contribution >= 0.6 is 0 Å². The van der Waals surface area contributed by atoms with Gasteiger partial charge in [-0.25, -0.2) is 9.59 Å². The Kier molecular flexibility index (Phi) is 17.2. The molecule has 2 saturated carbocycles. The number of aromatic hydroxyl groups is 1. The normalized spacial score (nSPS) is 30.6. The third-order valence-corrected chi connectivity index (χ3v) is 21.2. The fraction of sp³-hybridized carbons (Fsp3) is 0.521. The molecule has 5 heterocycles. The molecular weight excluding hydrogens is 1040 g/mol. The maximum Gasteiger partial charge on any atom is 0.340 e. The largest absolute Gasteiger partial charge is 0.508 e. The number of esters is 2. The van der Waals surface area contributed by atoms with Gasteiger partial charge in [0.15, 0.2) is 0 Å². The number of aryl methyl sites for hydroxylation is 1. The van der Waals surface area contributed by atoms with Crippen LogP contribution in [0.4, 0.5) is 0 Å². The van der Waals surface area contributed by atoms with Gasteiger partial charge in [-0.3, -0.25) is 0 Å². The van der Waals surface area contributed by atoms with Crippen molar-refractivity contribution in [2.45, 2.75) is 141 Å². The number of carbonyl (C=O) groups is 2. The number of hydrogen-bond donors (Lipinski definition) is 8. The number of aliphatic hydroxyl groups is 3. The third-order valence-electron chi connectivity index (χ3n) is 21.2. The molecule has 8 N–H and O–H groups in total. The van der Waals surface area contributed by atoms with Gasteiger partial charge in [-0.05, 0) is 251 Å². The van der Waals surface area contributed by atoms with Gasteiger partial charge in [0, 0.05) is 49.4 Å². The van der Waals surface area contributed by atoms with E-state index in [-0.39, 0.29) is 84.0 Å². The number of hydrogen-bond acceptors (Lipinski definition) is 12. The maximum atomic E-state index is 15.4. The predicted octanol–water partition coefficient (Wildman–Crippen LogP) is 10.7. The number of fused-ring (bicyclic) bond motifs is 5. The summed E-state index contributed by atoms with van der Waals surface area (Å²) in [5.41, 5.74) is 10.9. The number of phenolic OH excluding ortho intramolecular Hbond substituents is 1. The first-order valence-electron chi connectivity index (χ1n) is 31.6. The Bertz CT molecular complexity index is 3180. The topological polar surface area (TPSA) is 182 Å². The van der Waals surface area contributed by atoms with E-state index in [0.29, 0.717) is 73.8 Å². The van der Waals surface area contributed by atoms with Gasteiger partial charge in [0.2, 0.25) is 0 Å². The summed E-state index contributed by atoms with van der Waals surface area (Å²) >= 11 is 0. The smallest absolute Gasteiger partial charge is 0.340 e. The number of phenols is 1. The Balaban J connectivity index is 1.05. The number of rotatable bonds is 15. The summed E-state index contributed by atoms with van der Waals surface area (Å²) in [5, 5.41) is 58.4. The molecule has 440 valence electrons. The molecule has 1 spiro atoms. The van der Waals surface area contributed by atoms with E-state index in [4.69, 9.17) is 9.47 Å². The van der Waals surface area contributed by atoms with Crippen molar-refractivity contribution in [1.82, 2.24) is 21.3 Å². The van der Waals surface area contributed by atoms with Crippen LogP contribution in [-0.4, -0.2) is 84.5 Å². The van der Waals surface area contributed by atoms with Gasteiger partial charge in [-0.2, -0.15) is 0 Å². The standard InChI is InChI=1S/C71H88N4O8/c1-4-44(33-45-11-6-5-7-12-45)36-61-71-28-23-54-55-21-22-56-60(82-68(80)64(56)65(55)71)24-27-70(51-26-30-74-62(37-51)72-3)39-50(16-10-32-77)59(40-70)67(75-41-43(2)78)57-35-46(17-18-48(57)15-9-31-76)25-29-73-42-47-13-8-14-49(34-47)53-20-19-52(79)38-58(53)63(54)66(71)69(81)83-61/h5-8,11-14,17-20,24,34-36,38,43-44,50-51,54-55,59,62,65,67,72-79H,4,9-10,15-16,21-23,25-33,37,39-42H2,1-3H3. The number of carbonyl (C=O) groups excluding carboxylic acids is 2. The molecule has 4 fully saturated rings. The summed E-state index contributed by atoms with van der Waals surface area (Å²) < 4.78 is 13.5. The van der Waals surface area contributed by atoms with Crippen molar-refractivity contribution in [3.8, 4) is 16.9 Å². The Labute approximate surface area is 491 Å². The van der Waals surface area contributed by atoms with Crippen molar-refractivity contribution in [1.29, 1.82) is 0 Å². The minimum atomic E-state index is -0.927. The summed E-state index contributed by atoms with van der Waals surface area (Å²) in [4.78, 5) is 30.7. The second-order valence-corrected chi connectivity index (χ2v) is 25.9. The van der Waals surface area contributed by atoms with Crippen LogP contribution in [0.3, 0.4) is 0 Å². The number of aliphatic hydroxyl groups excluding tert-OH is 3. The fourth-order valence-corrected chi connectivity index (χ4v) is 17.5. The molecule has 14 bridgehead atoms. The van der Waals surface area contributed by atoms with E-state index in [2.05, 4.69) is 107 Å². The van der Waals surface area contributed by atoms with E-state index in [1.165, 1.54) is 22.3 Å². The van der Waals surface area contributed by atoms with E-state index in [9.17, 15) is 20.4 Å². The molecular formula is C71H88N4O8. The van der Waals surface area contributed by atoms with E-state index in [0.717, 1.165) is 117 Å². The van der Waals surface area contributed by atoms with Crippen LogP contribution in [0.15, 0.2) is 131 Å². The minimum Gasteiger partial charge on any atom is -0.508 e. The molecule has 14 rings (SSSR count). The zero-order valence-electron chi connectivity index (χ0n) is 49.1. The molecule has 4 aromatic carbocycles. The molecule has 2 saturated heterocycles. The summed E-state index contributed by atoms with van der Waals surface area (Å²) in [5.74, 6) is 1.21. The Morgan fingerprint density at radius 3 is 2.51 bits per heavy atom. The van der Waals surface area contributed by atoms with Crippen molar-refractivity contribution in [3.63, 3.8) is 0 Å². The van der Waals surface area contributed by atoms with Crippen LogP contribution in [0, 0.1) is 52.3 Å². The average molecular weight is 1130 g/mol. The first-order chi connectivity index (χ1) is 40.4. The van der Waals surface area contributed by atoms with Crippen molar-refractivity contribution in [2.24, 2.45) is 52.3 Å². The quantitative estimate of drug-likeness (QED) is 0.0529. The second kappa shape index (κ2) is 24.7. The Morgan fingerprint density at radius 2 is 1.70 bits per heavy atom. The minimum absolute atomic E-state index is 0.00844. The number of benzene rings is 4. The molecule has 5 aliphatic heterocycles. The molecule has 4 aromatic rings. The molecule has 83 heavy (non-hydrogen) atoms. The first kappa shape index (κ1) is 57.7. The summed E-state index contributed by atoms with van der Waals surface area (Å²) in [7, 11) is 2.04. The van der Waals surface area contributed by atoms with Gasteiger partial charge in [0.25, 0.3) is 0 Å². The summed E-state index contributed by atoms with van der Waals surface area (Å²) in [6.07, 6.45) is 16.9. The number of cyclic esters (lactones) is 1. The zero-order valence-corrected chi connectivity index (χ0v) is 49.1. The van der Waals surface area contributed by atoms with Crippen LogP contribution in [0.5, 0.6) is 5.75 Å². The van der Waals surface area contributed by atoms with Gasteiger partial charge >= 0.3 is 11.9 Å². The van der Waals surface area contributed by atoms with E-state index in [1.54, 1.807) is 6.07 Å². The monoisotopic (exact) mass is 1120 g/mol. The van der Waals surface area contributed by atoms with Crippen molar-refractivity contribution in [3.05, 3.63) is 165 Å². The number of ether oxygens (including phenoxy) is 2. The molecule has 10 aliphatic rings. The summed E-state index contributed by atoms with van der Waals surface area (Å²) in [6.45, 7) is 6.94. The molecule has 12 atom stereocenters. The predicted molar refractivity (Wildman–Crippen MR) is 324 cm³/mol. The first-order valence-corrected chi connectivity index (χ1v) is 31.6. The van der Waals surface area contributed by atoms with E-state index < -0.39 is 11.5 Å². The second-order valence-electron chi connectivity index (χ2n) is 25.9. The van der Waals surface area contributed by atoms with Gasteiger partial charge in [-0.1, -0.05) is 79.7 Å². The highest BCUT2D eigenvalue weighted by atomic mass is 16.6.